The van der Waals surface area contributed by atoms with E-state index in [4.69, 9.17) is 4.74 Å². The lowest BCUT2D eigenvalue weighted by Gasteiger charge is -2.05. The summed E-state index contributed by atoms with van der Waals surface area (Å²) in [5, 5.41) is 23.7. The Bertz CT molecular complexity index is 614. The van der Waals surface area contributed by atoms with Crippen LogP contribution in [0.15, 0.2) is 18.2 Å². The van der Waals surface area contributed by atoms with Crippen LogP contribution in [0.2, 0.25) is 0 Å². The van der Waals surface area contributed by atoms with E-state index in [0.29, 0.717) is 10.6 Å². The highest BCUT2D eigenvalue weighted by molar-refractivity contribution is 7.14. The van der Waals surface area contributed by atoms with Crippen LogP contribution >= 0.6 is 11.3 Å². The van der Waals surface area contributed by atoms with E-state index in [9.17, 15) is 10.1 Å². The van der Waals surface area contributed by atoms with Gasteiger partial charge in [-0.1, -0.05) is 17.4 Å². The number of para-hydroxylation sites is 1. The van der Waals surface area contributed by atoms with Crippen molar-refractivity contribution in [3.05, 3.63) is 33.3 Å². The number of hydrogen-bond acceptors (Lipinski definition) is 7. The predicted molar refractivity (Wildman–Crippen MR) is 76.2 cm³/mol. The Labute approximate surface area is 119 Å². The Kier molecular flexibility index (Phi) is 4.59. The largest absolute Gasteiger partial charge is 0.490 e. The third-order valence-corrected chi connectivity index (χ3v) is 3.70. The molecule has 0 atom stereocenters. The van der Waals surface area contributed by atoms with Gasteiger partial charge in [-0.3, -0.25) is 10.1 Å². The third kappa shape index (κ3) is 2.91. The molecule has 0 radical (unpaired) electrons. The first-order valence-electron chi connectivity index (χ1n) is 5.96. The van der Waals surface area contributed by atoms with Crippen LogP contribution in [0.5, 0.6) is 5.75 Å². The summed E-state index contributed by atoms with van der Waals surface area (Å²) < 4.78 is 5.17. The molecule has 1 aromatic heterocycles. The fourth-order valence-corrected chi connectivity index (χ4v) is 2.61. The van der Waals surface area contributed by atoms with E-state index in [-0.39, 0.29) is 11.4 Å². The van der Waals surface area contributed by atoms with Crippen LogP contribution in [0.25, 0.3) is 10.6 Å². The molecule has 2 rings (SSSR count). The van der Waals surface area contributed by atoms with Crippen molar-refractivity contribution in [1.82, 2.24) is 15.5 Å². The first-order valence-corrected chi connectivity index (χ1v) is 6.77. The lowest BCUT2D eigenvalue weighted by Crippen LogP contribution is -2.09. The Morgan fingerprint density at radius 3 is 2.90 bits per heavy atom. The molecule has 0 aliphatic heterocycles. The monoisotopic (exact) mass is 294 g/mol. The van der Waals surface area contributed by atoms with Crippen molar-refractivity contribution in [3.63, 3.8) is 0 Å². The molecule has 0 aliphatic carbocycles. The van der Waals surface area contributed by atoms with Gasteiger partial charge in [0.1, 0.15) is 5.01 Å². The van der Waals surface area contributed by atoms with Crippen LogP contribution in [0.1, 0.15) is 5.01 Å². The lowest BCUT2D eigenvalue weighted by atomic mass is 10.2. The number of nitro benzene ring substituents is 1. The summed E-state index contributed by atoms with van der Waals surface area (Å²) >= 11 is 1.41. The predicted octanol–water partition coefficient (Wildman–Crippen LogP) is 1.88. The van der Waals surface area contributed by atoms with Gasteiger partial charge in [0.05, 0.1) is 17.6 Å². The van der Waals surface area contributed by atoms with Crippen LogP contribution in [0, 0.1) is 10.1 Å². The Morgan fingerprint density at radius 2 is 2.25 bits per heavy atom. The first-order chi connectivity index (χ1) is 9.67. The Balaban J connectivity index is 2.39. The third-order valence-electron chi connectivity index (χ3n) is 2.68. The molecule has 0 spiro atoms. The van der Waals surface area contributed by atoms with E-state index in [2.05, 4.69) is 15.5 Å². The summed E-state index contributed by atoms with van der Waals surface area (Å²) in [7, 11) is 3.28. The number of nitrogens with zero attached hydrogens (tertiary/aromatic N) is 3. The summed E-state index contributed by atoms with van der Waals surface area (Å²) in [4.78, 5) is 10.5. The van der Waals surface area contributed by atoms with Gasteiger partial charge >= 0.3 is 5.69 Å². The minimum Gasteiger partial charge on any atom is -0.490 e. The first kappa shape index (κ1) is 14.4. The Hall–Kier alpha value is -2.06. The molecule has 106 valence electrons. The number of benzene rings is 1. The molecule has 0 bridgehead atoms. The summed E-state index contributed by atoms with van der Waals surface area (Å²) in [5.74, 6) is 0.216. The molecular weight excluding hydrogens is 280 g/mol. The fourth-order valence-electron chi connectivity index (χ4n) is 1.75. The number of methoxy groups -OCH3 is 1. The van der Waals surface area contributed by atoms with E-state index >= 15 is 0 Å². The molecule has 0 unspecified atom stereocenters. The van der Waals surface area contributed by atoms with Gasteiger partial charge in [0.2, 0.25) is 5.75 Å². The van der Waals surface area contributed by atoms with Gasteiger partial charge in [-0.2, -0.15) is 0 Å². The molecule has 0 aliphatic rings. The van der Waals surface area contributed by atoms with Crippen LogP contribution in [0.4, 0.5) is 5.69 Å². The van der Waals surface area contributed by atoms with Crippen molar-refractivity contribution in [2.24, 2.45) is 0 Å². The van der Waals surface area contributed by atoms with Crippen molar-refractivity contribution in [3.8, 4) is 16.3 Å². The van der Waals surface area contributed by atoms with Crippen LogP contribution in [-0.2, 0) is 6.42 Å². The molecule has 20 heavy (non-hydrogen) atoms. The molecule has 0 saturated heterocycles. The van der Waals surface area contributed by atoms with E-state index in [1.807, 2.05) is 7.05 Å². The maximum Gasteiger partial charge on any atom is 0.311 e. The average molecular weight is 294 g/mol. The molecule has 0 fully saturated rings. The standard InChI is InChI=1S/C12H14N4O3S/c1-13-7-6-10-14-15-12(20-10)8-4-3-5-9(16(17)18)11(8)19-2/h3-5,13H,6-7H2,1-2H3. The SMILES string of the molecule is CNCCc1nnc(-c2cccc([N+](=O)[O-])c2OC)s1. The summed E-state index contributed by atoms with van der Waals surface area (Å²) in [6.45, 7) is 0.806. The maximum absolute atomic E-state index is 11.0. The average Bonchev–Trinajstić information content (AvgIpc) is 2.92. The van der Waals surface area contributed by atoms with E-state index in [0.717, 1.165) is 18.0 Å². The quantitative estimate of drug-likeness (QED) is 0.646. The second-order valence-corrected chi connectivity index (χ2v) is 5.03. The zero-order valence-electron chi connectivity index (χ0n) is 11.1. The number of aromatic nitrogens is 2. The van der Waals surface area contributed by atoms with E-state index < -0.39 is 4.92 Å². The minimum absolute atomic E-state index is 0.0722. The van der Waals surface area contributed by atoms with Crippen molar-refractivity contribution in [1.29, 1.82) is 0 Å². The van der Waals surface area contributed by atoms with Gasteiger partial charge < -0.3 is 10.1 Å². The van der Waals surface area contributed by atoms with Gasteiger partial charge in [-0.15, -0.1) is 10.2 Å². The Morgan fingerprint density at radius 1 is 1.45 bits per heavy atom. The lowest BCUT2D eigenvalue weighted by molar-refractivity contribution is -0.385. The molecule has 2 aromatic rings. The van der Waals surface area contributed by atoms with Gasteiger partial charge in [-0.25, -0.2) is 0 Å². The number of ether oxygens (including phenoxy) is 1. The molecule has 1 N–H and O–H groups in total. The molecule has 1 heterocycles. The fraction of sp³-hybridized carbons (Fsp3) is 0.333. The molecule has 8 heteroatoms. The van der Waals surface area contributed by atoms with Crippen LogP contribution < -0.4 is 10.1 Å². The van der Waals surface area contributed by atoms with Crippen LogP contribution in [0.3, 0.4) is 0 Å². The van der Waals surface area contributed by atoms with Gasteiger partial charge in [0.25, 0.3) is 0 Å². The van der Waals surface area contributed by atoms with E-state index in [1.54, 1.807) is 12.1 Å². The van der Waals surface area contributed by atoms with Gasteiger partial charge in [0, 0.05) is 19.0 Å². The minimum atomic E-state index is -0.467. The molecular formula is C12H14N4O3S. The zero-order valence-corrected chi connectivity index (χ0v) is 11.9. The smallest absolute Gasteiger partial charge is 0.311 e. The molecule has 0 saturated carbocycles. The summed E-state index contributed by atoms with van der Waals surface area (Å²) in [6.07, 6.45) is 0.769. The summed E-state index contributed by atoms with van der Waals surface area (Å²) in [5.41, 5.74) is 0.520. The topological polar surface area (TPSA) is 90.2 Å². The number of hydrogen-bond donors (Lipinski definition) is 1. The number of nitro groups is 1. The summed E-state index contributed by atoms with van der Waals surface area (Å²) in [6, 6.07) is 4.77. The van der Waals surface area contributed by atoms with Gasteiger partial charge in [0.15, 0.2) is 5.01 Å². The second-order valence-electron chi connectivity index (χ2n) is 3.97. The molecule has 1 aromatic carbocycles. The van der Waals surface area contributed by atoms with Crippen molar-refractivity contribution < 1.29 is 9.66 Å². The number of rotatable bonds is 6. The van der Waals surface area contributed by atoms with Crippen LogP contribution in [-0.4, -0.2) is 35.8 Å². The van der Waals surface area contributed by atoms with Gasteiger partial charge in [-0.05, 0) is 13.1 Å². The number of likely N-dealkylation sites (N-methyl/N-ethyl adjacent to an activating group) is 1. The van der Waals surface area contributed by atoms with E-state index in [1.165, 1.54) is 24.5 Å². The molecule has 0 amide bonds. The number of nitrogens with one attached hydrogen (secondary N) is 1. The second kappa shape index (κ2) is 6.40. The van der Waals surface area contributed by atoms with Crippen molar-refractivity contribution in [2.45, 2.75) is 6.42 Å². The normalized spacial score (nSPS) is 10.5. The molecule has 7 nitrogen and oxygen atoms in total. The zero-order chi connectivity index (χ0) is 14.5. The highest BCUT2D eigenvalue weighted by Gasteiger charge is 2.21. The highest BCUT2D eigenvalue weighted by Crippen LogP contribution is 2.38. The maximum atomic E-state index is 11.0. The van der Waals surface area contributed by atoms with Crippen molar-refractivity contribution >= 4 is 17.0 Å². The van der Waals surface area contributed by atoms with Crippen molar-refractivity contribution in [2.75, 3.05) is 20.7 Å². The highest BCUT2D eigenvalue weighted by atomic mass is 32.1.